The molecule has 0 bridgehead atoms. The van der Waals surface area contributed by atoms with Crippen molar-refractivity contribution in [1.82, 2.24) is 5.32 Å². The van der Waals surface area contributed by atoms with Crippen molar-refractivity contribution in [1.29, 1.82) is 0 Å². The molecule has 1 unspecified atom stereocenters. The molecule has 1 saturated heterocycles. The fourth-order valence-corrected chi connectivity index (χ4v) is 9.27. The number of nitrogens with one attached hydrogen (secondary N) is 1. The highest BCUT2D eigenvalue weighted by Gasteiger charge is 2.52. The summed E-state index contributed by atoms with van der Waals surface area (Å²) < 4.78 is 69.5. The van der Waals surface area contributed by atoms with Crippen molar-refractivity contribution in [2.45, 2.75) is 116 Å². The summed E-state index contributed by atoms with van der Waals surface area (Å²) in [6, 6.07) is 17.5. The predicted octanol–water partition coefficient (Wildman–Crippen LogP) is 8.56. The fourth-order valence-electron chi connectivity index (χ4n) is 6.93. The molecule has 296 valence electrons. The highest BCUT2D eigenvalue weighted by molar-refractivity contribution is 7.92. The molecular weight excluding hydrogens is 734 g/mol. The van der Waals surface area contributed by atoms with Gasteiger partial charge in [0.05, 0.1) is 34.8 Å². The highest BCUT2D eigenvalue weighted by atomic mass is 32.2. The van der Waals surface area contributed by atoms with Crippen LogP contribution in [0.1, 0.15) is 95.1 Å². The van der Waals surface area contributed by atoms with Gasteiger partial charge in [-0.25, -0.2) is 12.8 Å². The molecule has 1 saturated carbocycles. The van der Waals surface area contributed by atoms with Gasteiger partial charge in [0, 0.05) is 30.6 Å². The number of furan rings is 1. The quantitative estimate of drug-likeness (QED) is 0.135. The number of hydrogen-bond donors (Lipinski definition) is 1. The zero-order valence-corrected chi connectivity index (χ0v) is 35.9. The molecule has 1 aliphatic carbocycles. The number of benzene rings is 3. The Kier molecular flexibility index (Phi) is 11.1. The average Bonchev–Trinajstić information content (AvgIpc) is 3.82. The van der Waals surface area contributed by atoms with Crippen LogP contribution >= 0.6 is 0 Å². The Labute approximate surface area is 327 Å². The van der Waals surface area contributed by atoms with E-state index < -0.39 is 42.5 Å². The third-order valence-electron chi connectivity index (χ3n) is 12.0. The van der Waals surface area contributed by atoms with Crippen LogP contribution < -0.4 is 15.1 Å². The smallest absolute Gasteiger partial charge is 0.455 e. The lowest BCUT2D eigenvalue weighted by Gasteiger charge is -2.40. The van der Waals surface area contributed by atoms with Crippen LogP contribution in [0.5, 0.6) is 0 Å². The molecule has 4 aromatic rings. The van der Waals surface area contributed by atoms with Gasteiger partial charge in [0.25, 0.3) is 5.91 Å². The lowest BCUT2D eigenvalue weighted by molar-refractivity contribution is 0.00578. The van der Waals surface area contributed by atoms with E-state index in [2.05, 4.69) is 45.2 Å². The molecule has 0 spiro atoms. The Bertz CT molecular complexity index is 2160. The normalized spacial score (nSPS) is 17.8. The molecule has 1 amide bonds. The molecule has 9 nitrogen and oxygen atoms in total. The lowest BCUT2D eigenvalue weighted by Crippen LogP contribution is -2.46. The number of carbonyl (C=O) groups excluding carboxylic acids is 1. The van der Waals surface area contributed by atoms with Crippen LogP contribution in [0.15, 0.2) is 65.1 Å². The SMILES string of the molecule is CNC(=O)c1c(-c2ccc(F)cc2)oc2cc(N(CCC(Cc3ccccc3B3OC(C)(C)C(C)(C)O3)O[Si](C)(C)C(C)(C)C)S(C)(=O)=O)c(C3CC3)cc12. The number of anilines is 1. The fraction of sp³-hybridized carbons (Fsp3) is 0.500. The van der Waals surface area contributed by atoms with E-state index in [-0.39, 0.29) is 29.5 Å². The molecule has 6 rings (SSSR count). The Hall–Kier alpha value is -3.49. The first-order valence-electron chi connectivity index (χ1n) is 19.2. The Morgan fingerprint density at radius 1 is 1.04 bits per heavy atom. The number of rotatable bonds is 13. The zero-order chi connectivity index (χ0) is 40.3. The summed E-state index contributed by atoms with van der Waals surface area (Å²) in [5, 5.41) is 3.21. The first-order chi connectivity index (χ1) is 25.5. The summed E-state index contributed by atoms with van der Waals surface area (Å²) in [4.78, 5) is 13.3. The van der Waals surface area contributed by atoms with Crippen molar-refractivity contribution in [3.63, 3.8) is 0 Å². The van der Waals surface area contributed by atoms with E-state index in [0.717, 1.165) is 29.4 Å². The second-order valence-corrected chi connectivity index (χ2v) is 24.4. The van der Waals surface area contributed by atoms with Gasteiger partial charge in [-0.2, -0.15) is 0 Å². The second-order valence-electron chi connectivity index (χ2n) is 17.7. The van der Waals surface area contributed by atoms with Crippen molar-refractivity contribution in [3.05, 3.63) is 83.2 Å². The van der Waals surface area contributed by atoms with Crippen LogP contribution in [0.4, 0.5) is 10.1 Å². The second kappa shape index (κ2) is 14.8. The predicted molar refractivity (Wildman–Crippen MR) is 222 cm³/mol. The van der Waals surface area contributed by atoms with E-state index in [4.69, 9.17) is 18.2 Å². The van der Waals surface area contributed by atoms with Crippen LogP contribution in [-0.2, 0) is 30.2 Å². The Morgan fingerprint density at radius 3 is 2.22 bits per heavy atom. The highest BCUT2D eigenvalue weighted by Crippen LogP contribution is 2.48. The third-order valence-corrected chi connectivity index (χ3v) is 17.7. The van der Waals surface area contributed by atoms with Gasteiger partial charge in [0.1, 0.15) is 17.2 Å². The number of hydrogen-bond acceptors (Lipinski definition) is 7. The average molecular weight is 791 g/mol. The molecule has 3 aromatic carbocycles. The monoisotopic (exact) mass is 790 g/mol. The van der Waals surface area contributed by atoms with Crippen LogP contribution in [0.2, 0.25) is 18.1 Å². The largest absolute Gasteiger partial charge is 0.495 e. The van der Waals surface area contributed by atoms with Crippen molar-refractivity contribution in [2.75, 3.05) is 24.2 Å². The van der Waals surface area contributed by atoms with Crippen molar-refractivity contribution in [2.24, 2.45) is 0 Å². The van der Waals surface area contributed by atoms with Gasteiger partial charge in [-0.1, -0.05) is 45.0 Å². The minimum atomic E-state index is -3.80. The molecule has 55 heavy (non-hydrogen) atoms. The van der Waals surface area contributed by atoms with E-state index >= 15 is 0 Å². The van der Waals surface area contributed by atoms with Gasteiger partial charge in [-0.3, -0.25) is 9.10 Å². The van der Waals surface area contributed by atoms with Gasteiger partial charge in [-0.15, -0.1) is 0 Å². The van der Waals surface area contributed by atoms with Gasteiger partial charge in [0.2, 0.25) is 10.0 Å². The number of sulfonamides is 1. The van der Waals surface area contributed by atoms with E-state index in [0.29, 0.717) is 46.4 Å². The lowest BCUT2D eigenvalue weighted by atomic mass is 9.75. The molecule has 1 atom stereocenters. The van der Waals surface area contributed by atoms with Gasteiger partial charge in [-0.05, 0) is 124 Å². The maximum absolute atomic E-state index is 13.9. The van der Waals surface area contributed by atoms with Crippen molar-refractivity contribution < 1.29 is 35.8 Å². The first kappa shape index (κ1) is 41.2. The Balaban J connectivity index is 1.40. The first-order valence-corrected chi connectivity index (χ1v) is 24.0. The minimum Gasteiger partial charge on any atom is -0.455 e. The van der Waals surface area contributed by atoms with Crippen LogP contribution in [-0.4, -0.2) is 66.9 Å². The van der Waals surface area contributed by atoms with Crippen LogP contribution in [0.3, 0.4) is 0 Å². The summed E-state index contributed by atoms with van der Waals surface area (Å²) in [5.41, 5.74) is 3.57. The summed E-state index contributed by atoms with van der Waals surface area (Å²) >= 11 is 0. The number of amides is 1. The standard InChI is InChI=1S/C42H56BFN2O7SSi/c1-40(2,3)55(10,11)51-31(24-29-14-12-13-15-34(29)43-52-41(4,5)42(6,7)53-43)22-23-46(54(9,48)49)35-26-36-33(25-32(35)27-16-17-27)37(39(47)45-8)38(50-36)28-18-20-30(44)21-19-28/h12-15,18-21,25-27,31H,16-17,22-24H2,1-11H3,(H,45,47). The molecule has 1 N–H and O–H groups in total. The molecule has 2 aliphatic rings. The molecule has 1 aliphatic heterocycles. The van der Waals surface area contributed by atoms with Crippen molar-refractivity contribution in [3.8, 4) is 11.3 Å². The minimum absolute atomic E-state index is 0.0821. The Morgan fingerprint density at radius 2 is 1.65 bits per heavy atom. The third kappa shape index (κ3) is 8.46. The summed E-state index contributed by atoms with van der Waals surface area (Å²) in [7, 11) is -5.13. The van der Waals surface area contributed by atoms with E-state index in [1.165, 1.54) is 22.7 Å². The summed E-state index contributed by atoms with van der Waals surface area (Å²) in [6.45, 7) is 19.3. The number of carbonyl (C=O) groups is 1. The van der Waals surface area contributed by atoms with Gasteiger partial charge >= 0.3 is 7.12 Å². The maximum Gasteiger partial charge on any atom is 0.495 e. The van der Waals surface area contributed by atoms with Crippen LogP contribution in [0, 0.1) is 5.82 Å². The molecule has 1 aromatic heterocycles. The van der Waals surface area contributed by atoms with E-state index in [9.17, 15) is 17.6 Å². The summed E-state index contributed by atoms with van der Waals surface area (Å²) in [6.07, 6.45) is 3.67. The topological polar surface area (TPSA) is 107 Å². The molecule has 2 fully saturated rings. The maximum atomic E-state index is 13.9. The van der Waals surface area contributed by atoms with E-state index in [1.54, 1.807) is 25.2 Å². The summed E-state index contributed by atoms with van der Waals surface area (Å²) in [5.74, 6) is -0.325. The van der Waals surface area contributed by atoms with Gasteiger partial charge in [0.15, 0.2) is 8.32 Å². The number of nitrogens with zero attached hydrogens (tertiary/aromatic N) is 1. The molecule has 13 heteroatoms. The van der Waals surface area contributed by atoms with Crippen molar-refractivity contribution >= 4 is 53.5 Å². The van der Waals surface area contributed by atoms with Gasteiger partial charge < -0.3 is 23.5 Å². The number of fused-ring (bicyclic) bond motifs is 1. The van der Waals surface area contributed by atoms with Crippen LogP contribution in [0.25, 0.3) is 22.3 Å². The molecule has 2 heterocycles. The van der Waals surface area contributed by atoms with E-state index in [1.807, 2.05) is 52.0 Å². The molecular formula is C42H56BFN2O7SSi. The molecule has 0 radical (unpaired) electrons. The number of halogens is 1. The zero-order valence-electron chi connectivity index (χ0n) is 34.1.